The maximum absolute atomic E-state index is 9.28. The normalized spacial score (nSPS) is 14.5. The van der Waals surface area contributed by atoms with Crippen molar-refractivity contribution in [3.63, 3.8) is 0 Å². The van der Waals surface area contributed by atoms with E-state index in [9.17, 15) is 5.11 Å². The number of ether oxygens (including phenoxy) is 1. The van der Waals surface area contributed by atoms with Crippen molar-refractivity contribution in [3.05, 3.63) is 29.8 Å². The average molecular weight is 223 g/mol. The topological polar surface area (TPSA) is 55.5 Å². The van der Waals surface area contributed by atoms with Crippen molar-refractivity contribution in [2.45, 2.75) is 20.3 Å². The maximum Gasteiger partial charge on any atom is 0.119 e. The van der Waals surface area contributed by atoms with Crippen molar-refractivity contribution in [1.29, 1.82) is 0 Å². The van der Waals surface area contributed by atoms with Crippen LogP contribution in [0.25, 0.3) is 0 Å². The van der Waals surface area contributed by atoms with Gasteiger partial charge in [-0.1, -0.05) is 19.1 Å². The molecule has 16 heavy (non-hydrogen) atoms. The Morgan fingerprint density at radius 2 is 1.94 bits per heavy atom. The molecule has 0 fully saturated rings. The predicted octanol–water partition coefficient (Wildman–Crippen LogP) is 1.59. The Bertz CT molecular complexity index is 304. The molecule has 0 heterocycles. The fraction of sp³-hybridized carbons (Fsp3) is 0.538. The van der Waals surface area contributed by atoms with Crippen LogP contribution in [-0.4, -0.2) is 24.9 Å². The summed E-state index contributed by atoms with van der Waals surface area (Å²) in [6.45, 7) is 5.22. The van der Waals surface area contributed by atoms with Crippen molar-refractivity contribution in [2.75, 3.05) is 19.8 Å². The first-order chi connectivity index (χ1) is 7.63. The summed E-state index contributed by atoms with van der Waals surface area (Å²) >= 11 is 0. The molecule has 0 aromatic heterocycles. The van der Waals surface area contributed by atoms with Crippen LogP contribution in [0.4, 0.5) is 0 Å². The van der Waals surface area contributed by atoms with Crippen molar-refractivity contribution in [3.8, 4) is 5.75 Å². The molecule has 0 aliphatic carbocycles. The summed E-state index contributed by atoms with van der Waals surface area (Å²) in [7, 11) is 0. The molecule has 1 unspecified atom stereocenters. The van der Waals surface area contributed by atoms with Crippen molar-refractivity contribution >= 4 is 0 Å². The zero-order chi connectivity index (χ0) is 12.0. The van der Waals surface area contributed by atoms with Crippen LogP contribution in [0.2, 0.25) is 0 Å². The first-order valence-corrected chi connectivity index (χ1v) is 5.66. The third-order valence-electron chi connectivity index (χ3n) is 2.74. The van der Waals surface area contributed by atoms with Gasteiger partial charge in [-0.05, 0) is 31.0 Å². The fourth-order valence-corrected chi connectivity index (χ4v) is 1.56. The monoisotopic (exact) mass is 223 g/mol. The molecule has 0 aliphatic heterocycles. The molecule has 3 nitrogen and oxygen atoms in total. The van der Waals surface area contributed by atoms with Crippen LogP contribution in [0.15, 0.2) is 24.3 Å². The number of aliphatic hydroxyl groups is 1. The van der Waals surface area contributed by atoms with E-state index in [0.29, 0.717) is 13.2 Å². The Labute approximate surface area is 97.2 Å². The minimum atomic E-state index is -0.229. The van der Waals surface area contributed by atoms with Gasteiger partial charge in [-0.25, -0.2) is 0 Å². The Kier molecular flexibility index (Phi) is 4.77. The van der Waals surface area contributed by atoms with Crippen LogP contribution < -0.4 is 10.5 Å². The second-order valence-electron chi connectivity index (χ2n) is 4.43. The third kappa shape index (κ3) is 3.51. The minimum absolute atomic E-state index is 0.108. The maximum atomic E-state index is 9.28. The van der Waals surface area contributed by atoms with E-state index in [0.717, 1.165) is 12.2 Å². The van der Waals surface area contributed by atoms with Crippen LogP contribution in [-0.2, 0) is 6.42 Å². The zero-order valence-electron chi connectivity index (χ0n) is 10.1. The fourth-order valence-electron chi connectivity index (χ4n) is 1.56. The van der Waals surface area contributed by atoms with Gasteiger partial charge < -0.3 is 15.6 Å². The van der Waals surface area contributed by atoms with Gasteiger partial charge in [0, 0.05) is 18.6 Å². The van der Waals surface area contributed by atoms with Crippen molar-refractivity contribution in [2.24, 2.45) is 11.1 Å². The quantitative estimate of drug-likeness (QED) is 0.770. The van der Waals surface area contributed by atoms with E-state index in [1.165, 1.54) is 5.56 Å². The van der Waals surface area contributed by atoms with E-state index in [4.69, 9.17) is 10.5 Å². The highest BCUT2D eigenvalue weighted by Crippen LogP contribution is 2.22. The lowest BCUT2D eigenvalue weighted by Crippen LogP contribution is -2.33. The molecule has 3 heteroatoms. The first-order valence-electron chi connectivity index (χ1n) is 5.66. The average Bonchev–Trinajstić information content (AvgIpc) is 2.32. The summed E-state index contributed by atoms with van der Waals surface area (Å²) in [5.74, 6) is 0.879. The highest BCUT2D eigenvalue weighted by molar-refractivity contribution is 5.28. The van der Waals surface area contributed by atoms with E-state index in [-0.39, 0.29) is 12.0 Å². The van der Waals surface area contributed by atoms with Crippen LogP contribution in [0, 0.1) is 5.41 Å². The Morgan fingerprint density at radius 3 is 2.38 bits per heavy atom. The smallest absolute Gasteiger partial charge is 0.119 e. The molecule has 1 aromatic rings. The molecule has 0 radical (unpaired) electrons. The van der Waals surface area contributed by atoms with Gasteiger partial charge in [-0.3, -0.25) is 0 Å². The summed E-state index contributed by atoms with van der Waals surface area (Å²) < 4.78 is 5.37. The summed E-state index contributed by atoms with van der Waals surface area (Å²) in [5, 5.41) is 9.28. The molecule has 1 rings (SSSR count). The molecule has 3 N–H and O–H groups in total. The summed E-state index contributed by atoms with van der Waals surface area (Å²) in [4.78, 5) is 0. The van der Waals surface area contributed by atoms with Gasteiger partial charge in [0.1, 0.15) is 5.75 Å². The third-order valence-corrected chi connectivity index (χ3v) is 2.74. The van der Waals surface area contributed by atoms with Crippen LogP contribution in [0.3, 0.4) is 0 Å². The largest absolute Gasteiger partial charge is 0.494 e. The summed E-state index contributed by atoms with van der Waals surface area (Å²) in [6, 6.07) is 7.95. The van der Waals surface area contributed by atoms with Crippen LogP contribution in [0.1, 0.15) is 19.4 Å². The molecule has 0 saturated heterocycles. The van der Waals surface area contributed by atoms with E-state index in [2.05, 4.69) is 0 Å². The molecule has 0 bridgehead atoms. The lowest BCUT2D eigenvalue weighted by Gasteiger charge is -2.25. The first kappa shape index (κ1) is 13.0. The Hall–Kier alpha value is -1.06. The summed E-state index contributed by atoms with van der Waals surface area (Å²) in [5.41, 5.74) is 6.60. The van der Waals surface area contributed by atoms with Gasteiger partial charge in [0.05, 0.1) is 6.61 Å². The second kappa shape index (κ2) is 5.87. The van der Waals surface area contributed by atoms with E-state index in [1.54, 1.807) is 0 Å². The minimum Gasteiger partial charge on any atom is -0.494 e. The number of nitrogens with two attached hydrogens (primary N) is 1. The van der Waals surface area contributed by atoms with E-state index in [1.807, 2.05) is 38.1 Å². The van der Waals surface area contributed by atoms with Gasteiger partial charge in [-0.2, -0.15) is 0 Å². The van der Waals surface area contributed by atoms with Gasteiger partial charge in [0.2, 0.25) is 0 Å². The SMILES string of the molecule is CCOc1ccc(CC(C)(CN)CO)cc1. The Balaban J connectivity index is 2.67. The molecular formula is C13H21NO2. The second-order valence-corrected chi connectivity index (χ2v) is 4.43. The van der Waals surface area contributed by atoms with Crippen molar-refractivity contribution in [1.82, 2.24) is 0 Å². The van der Waals surface area contributed by atoms with Gasteiger partial charge in [-0.15, -0.1) is 0 Å². The molecule has 0 amide bonds. The lowest BCUT2D eigenvalue weighted by molar-refractivity contribution is 0.149. The lowest BCUT2D eigenvalue weighted by atomic mass is 9.84. The van der Waals surface area contributed by atoms with Gasteiger partial charge >= 0.3 is 0 Å². The zero-order valence-corrected chi connectivity index (χ0v) is 10.1. The Morgan fingerprint density at radius 1 is 1.31 bits per heavy atom. The number of hydrogen-bond acceptors (Lipinski definition) is 3. The number of rotatable bonds is 6. The predicted molar refractivity (Wildman–Crippen MR) is 65.6 cm³/mol. The van der Waals surface area contributed by atoms with Crippen LogP contribution >= 0.6 is 0 Å². The molecule has 0 saturated carbocycles. The summed E-state index contributed by atoms with van der Waals surface area (Å²) in [6.07, 6.45) is 0.784. The highest BCUT2D eigenvalue weighted by atomic mass is 16.5. The number of hydrogen-bond donors (Lipinski definition) is 2. The molecule has 90 valence electrons. The number of aliphatic hydroxyl groups excluding tert-OH is 1. The van der Waals surface area contributed by atoms with E-state index < -0.39 is 0 Å². The molecule has 0 spiro atoms. The van der Waals surface area contributed by atoms with Crippen molar-refractivity contribution < 1.29 is 9.84 Å². The highest BCUT2D eigenvalue weighted by Gasteiger charge is 2.21. The van der Waals surface area contributed by atoms with Crippen LogP contribution in [0.5, 0.6) is 5.75 Å². The van der Waals surface area contributed by atoms with Gasteiger partial charge in [0.15, 0.2) is 0 Å². The molecule has 1 aromatic carbocycles. The van der Waals surface area contributed by atoms with E-state index >= 15 is 0 Å². The standard InChI is InChI=1S/C13H21NO2/c1-3-16-12-6-4-11(5-7-12)8-13(2,9-14)10-15/h4-7,15H,3,8-10,14H2,1-2H3. The number of benzene rings is 1. The molecular weight excluding hydrogens is 202 g/mol. The molecule has 1 atom stereocenters. The molecule has 0 aliphatic rings. The van der Waals surface area contributed by atoms with Gasteiger partial charge in [0.25, 0.3) is 0 Å².